The molecule has 0 radical (unpaired) electrons. The first-order chi connectivity index (χ1) is 6.60. The molecule has 0 aliphatic heterocycles. The molecule has 3 nitrogen and oxygen atoms in total. The monoisotopic (exact) mass is 203 g/mol. The predicted molar refractivity (Wildman–Crippen MR) is 59.3 cm³/mol. The van der Waals surface area contributed by atoms with E-state index in [0.717, 1.165) is 6.42 Å². The molecule has 0 saturated heterocycles. The topological polar surface area (TPSA) is 44.5 Å². The van der Waals surface area contributed by atoms with E-state index in [4.69, 9.17) is 15.2 Å². The lowest BCUT2D eigenvalue weighted by atomic mass is 10.1. The van der Waals surface area contributed by atoms with Crippen LogP contribution in [0.2, 0.25) is 0 Å². The Bertz CT molecular complexity index is 128. The molecule has 0 bridgehead atoms. The Hall–Kier alpha value is -0.120. The lowest BCUT2D eigenvalue weighted by Gasteiger charge is -2.19. The van der Waals surface area contributed by atoms with Crippen LogP contribution in [0.5, 0.6) is 0 Å². The van der Waals surface area contributed by atoms with Gasteiger partial charge in [-0.2, -0.15) is 0 Å². The minimum Gasteiger partial charge on any atom is -0.376 e. The lowest BCUT2D eigenvalue weighted by molar-refractivity contribution is -0.0365. The number of ether oxygens (including phenoxy) is 2. The van der Waals surface area contributed by atoms with E-state index in [0.29, 0.717) is 31.8 Å². The average molecular weight is 203 g/mol. The Labute approximate surface area is 88.0 Å². The van der Waals surface area contributed by atoms with E-state index in [9.17, 15) is 0 Å². The highest BCUT2D eigenvalue weighted by Crippen LogP contribution is 2.08. The molecule has 0 aliphatic carbocycles. The van der Waals surface area contributed by atoms with Crippen molar-refractivity contribution >= 4 is 0 Å². The summed E-state index contributed by atoms with van der Waals surface area (Å²) < 4.78 is 11.0. The zero-order valence-electron chi connectivity index (χ0n) is 9.95. The van der Waals surface area contributed by atoms with Gasteiger partial charge >= 0.3 is 0 Å². The second-order valence-corrected chi connectivity index (χ2v) is 4.09. The van der Waals surface area contributed by atoms with E-state index < -0.39 is 0 Å². The highest BCUT2D eigenvalue weighted by Gasteiger charge is 2.10. The van der Waals surface area contributed by atoms with Gasteiger partial charge in [0.25, 0.3) is 0 Å². The first-order valence-corrected chi connectivity index (χ1v) is 5.53. The summed E-state index contributed by atoms with van der Waals surface area (Å²) in [6.45, 7) is 10.3. The molecule has 0 aromatic heterocycles. The zero-order chi connectivity index (χ0) is 11.0. The second-order valence-electron chi connectivity index (χ2n) is 4.09. The van der Waals surface area contributed by atoms with Crippen molar-refractivity contribution in [2.45, 2.75) is 46.3 Å². The first-order valence-electron chi connectivity index (χ1n) is 5.53. The molecule has 2 N–H and O–H groups in total. The summed E-state index contributed by atoms with van der Waals surface area (Å²) in [7, 11) is 0. The third-order valence-electron chi connectivity index (χ3n) is 2.04. The maximum atomic E-state index is 5.65. The molecular weight excluding hydrogens is 178 g/mol. The molecule has 0 fully saturated rings. The quantitative estimate of drug-likeness (QED) is 0.654. The van der Waals surface area contributed by atoms with Crippen molar-refractivity contribution in [2.24, 2.45) is 11.7 Å². The van der Waals surface area contributed by atoms with E-state index in [-0.39, 0.29) is 6.10 Å². The smallest absolute Gasteiger partial charge is 0.0930 e. The molecule has 0 spiro atoms. The van der Waals surface area contributed by atoms with Crippen molar-refractivity contribution < 1.29 is 9.47 Å². The van der Waals surface area contributed by atoms with Crippen LogP contribution in [0.4, 0.5) is 0 Å². The molecule has 0 aliphatic rings. The molecule has 2 unspecified atom stereocenters. The fourth-order valence-electron chi connectivity index (χ4n) is 1.42. The number of hydrogen-bond donors (Lipinski definition) is 1. The summed E-state index contributed by atoms with van der Waals surface area (Å²) in [4.78, 5) is 0. The van der Waals surface area contributed by atoms with Gasteiger partial charge in [-0.1, -0.05) is 13.8 Å². The molecule has 2 atom stereocenters. The van der Waals surface area contributed by atoms with Gasteiger partial charge in [-0.25, -0.2) is 0 Å². The molecule has 0 saturated carbocycles. The van der Waals surface area contributed by atoms with Crippen LogP contribution < -0.4 is 5.73 Å². The van der Waals surface area contributed by atoms with Crippen LogP contribution in [-0.4, -0.2) is 32.0 Å². The van der Waals surface area contributed by atoms with Gasteiger partial charge in [0, 0.05) is 13.2 Å². The second kappa shape index (κ2) is 8.21. The van der Waals surface area contributed by atoms with Crippen LogP contribution in [-0.2, 0) is 9.47 Å². The summed E-state index contributed by atoms with van der Waals surface area (Å²) in [5, 5.41) is 0. The average Bonchev–Trinajstić information content (AvgIpc) is 2.11. The van der Waals surface area contributed by atoms with E-state index in [1.165, 1.54) is 0 Å². The number of nitrogens with two attached hydrogens (primary N) is 1. The fraction of sp³-hybridized carbons (Fsp3) is 1.00. The van der Waals surface area contributed by atoms with Crippen molar-refractivity contribution in [3.8, 4) is 0 Å². The fourth-order valence-corrected chi connectivity index (χ4v) is 1.42. The first kappa shape index (κ1) is 13.9. The molecule has 0 heterocycles. The Morgan fingerprint density at radius 3 is 2.21 bits per heavy atom. The van der Waals surface area contributed by atoms with Crippen molar-refractivity contribution in [1.82, 2.24) is 0 Å². The maximum absolute atomic E-state index is 5.65. The molecule has 14 heavy (non-hydrogen) atoms. The summed E-state index contributed by atoms with van der Waals surface area (Å²) in [5.74, 6) is 0.674. The highest BCUT2D eigenvalue weighted by atomic mass is 16.5. The molecule has 0 amide bonds. The highest BCUT2D eigenvalue weighted by molar-refractivity contribution is 4.60. The SMILES string of the molecule is CCOC(CN)COC(C)CC(C)C. The molecule has 0 aromatic carbocycles. The van der Waals surface area contributed by atoms with Crippen LogP contribution in [0.15, 0.2) is 0 Å². The van der Waals surface area contributed by atoms with Gasteiger partial charge in [-0.15, -0.1) is 0 Å². The van der Waals surface area contributed by atoms with Gasteiger partial charge in [-0.05, 0) is 26.2 Å². The van der Waals surface area contributed by atoms with Crippen molar-refractivity contribution in [2.75, 3.05) is 19.8 Å². The largest absolute Gasteiger partial charge is 0.376 e. The van der Waals surface area contributed by atoms with Gasteiger partial charge in [0.1, 0.15) is 0 Å². The van der Waals surface area contributed by atoms with Gasteiger partial charge < -0.3 is 15.2 Å². The third kappa shape index (κ3) is 7.30. The van der Waals surface area contributed by atoms with Gasteiger partial charge in [0.2, 0.25) is 0 Å². The standard InChI is InChI=1S/C11H25NO2/c1-5-13-11(7-12)8-14-10(4)6-9(2)3/h9-11H,5-8,12H2,1-4H3. The van der Waals surface area contributed by atoms with E-state index >= 15 is 0 Å². The summed E-state index contributed by atoms with van der Waals surface area (Å²) in [6.07, 6.45) is 1.43. The molecule has 0 aromatic rings. The van der Waals surface area contributed by atoms with E-state index in [2.05, 4.69) is 20.8 Å². The van der Waals surface area contributed by atoms with Crippen molar-refractivity contribution in [1.29, 1.82) is 0 Å². The van der Waals surface area contributed by atoms with E-state index in [1.54, 1.807) is 0 Å². The Morgan fingerprint density at radius 2 is 1.79 bits per heavy atom. The van der Waals surface area contributed by atoms with Crippen LogP contribution in [0.25, 0.3) is 0 Å². The minimum atomic E-state index is 0.0506. The summed E-state index contributed by atoms with van der Waals surface area (Å²) >= 11 is 0. The van der Waals surface area contributed by atoms with Crippen LogP contribution in [0.3, 0.4) is 0 Å². The Kier molecular flexibility index (Phi) is 8.14. The molecule has 0 rings (SSSR count). The number of hydrogen-bond acceptors (Lipinski definition) is 3. The Morgan fingerprint density at radius 1 is 1.14 bits per heavy atom. The van der Waals surface area contributed by atoms with Crippen molar-refractivity contribution in [3.63, 3.8) is 0 Å². The van der Waals surface area contributed by atoms with Crippen LogP contribution in [0, 0.1) is 5.92 Å². The summed E-state index contributed by atoms with van der Waals surface area (Å²) in [6, 6.07) is 0. The molecular formula is C11H25NO2. The zero-order valence-corrected chi connectivity index (χ0v) is 9.95. The lowest BCUT2D eigenvalue weighted by Crippen LogP contribution is -2.30. The molecule has 3 heteroatoms. The summed E-state index contributed by atoms with van der Waals surface area (Å²) in [5.41, 5.74) is 5.54. The van der Waals surface area contributed by atoms with Crippen LogP contribution in [0.1, 0.15) is 34.1 Å². The number of rotatable bonds is 8. The minimum absolute atomic E-state index is 0.0506. The Balaban J connectivity index is 3.56. The normalized spacial score (nSPS) is 15.9. The predicted octanol–water partition coefficient (Wildman–Crippen LogP) is 1.80. The van der Waals surface area contributed by atoms with Crippen molar-refractivity contribution in [3.05, 3.63) is 0 Å². The maximum Gasteiger partial charge on any atom is 0.0930 e. The van der Waals surface area contributed by atoms with Crippen LogP contribution >= 0.6 is 0 Å². The molecule has 86 valence electrons. The van der Waals surface area contributed by atoms with Gasteiger partial charge in [0.05, 0.1) is 18.8 Å². The van der Waals surface area contributed by atoms with E-state index in [1.807, 2.05) is 6.92 Å². The van der Waals surface area contributed by atoms with Gasteiger partial charge in [-0.3, -0.25) is 0 Å². The third-order valence-corrected chi connectivity index (χ3v) is 2.04. The van der Waals surface area contributed by atoms with Gasteiger partial charge in [0.15, 0.2) is 0 Å².